The summed E-state index contributed by atoms with van der Waals surface area (Å²) in [5, 5.41) is 4.56. The van der Waals surface area contributed by atoms with Crippen LogP contribution in [0.15, 0.2) is 35.5 Å². The fourth-order valence-electron chi connectivity index (χ4n) is 2.96. The Balaban J connectivity index is 1.73. The van der Waals surface area contributed by atoms with E-state index in [0.717, 1.165) is 16.0 Å². The number of hydrogen-bond acceptors (Lipinski definition) is 5. The summed E-state index contributed by atoms with van der Waals surface area (Å²) in [4.78, 5) is 13.2. The van der Waals surface area contributed by atoms with Crippen LogP contribution in [-0.4, -0.2) is 29.1 Å². The van der Waals surface area contributed by atoms with Crippen molar-refractivity contribution >= 4 is 28.6 Å². The van der Waals surface area contributed by atoms with Crippen LogP contribution in [0.25, 0.3) is 16.8 Å². The van der Waals surface area contributed by atoms with E-state index < -0.39 is 6.55 Å². The van der Waals surface area contributed by atoms with Crippen LogP contribution in [-0.2, 0) is 0 Å². The van der Waals surface area contributed by atoms with Crippen LogP contribution >= 0.6 is 11.8 Å². The predicted octanol–water partition coefficient (Wildman–Crippen LogP) is 4.34. The third kappa shape index (κ3) is 2.82. The summed E-state index contributed by atoms with van der Waals surface area (Å²) in [6, 6.07) is 8.80. The predicted molar refractivity (Wildman–Crippen MR) is 95.5 cm³/mol. The molecule has 134 valence electrons. The highest BCUT2D eigenvalue weighted by Crippen LogP contribution is 2.36. The van der Waals surface area contributed by atoms with Gasteiger partial charge in [-0.05, 0) is 39.0 Å². The summed E-state index contributed by atoms with van der Waals surface area (Å²) in [6.45, 7) is 2.97. The molecule has 0 unspecified atom stereocenters. The van der Waals surface area contributed by atoms with Gasteiger partial charge in [-0.2, -0.15) is 13.8 Å². The van der Waals surface area contributed by atoms with Crippen LogP contribution in [0.4, 0.5) is 8.78 Å². The Morgan fingerprint density at radius 3 is 2.62 bits per heavy atom. The van der Waals surface area contributed by atoms with Gasteiger partial charge in [-0.3, -0.25) is 4.57 Å². The molecule has 4 aromatic rings. The first-order chi connectivity index (χ1) is 12.4. The van der Waals surface area contributed by atoms with Gasteiger partial charge < -0.3 is 0 Å². The topological polar surface area (TPSA) is 60.9 Å². The van der Waals surface area contributed by atoms with Gasteiger partial charge in [0.25, 0.3) is 5.78 Å². The van der Waals surface area contributed by atoms with Gasteiger partial charge in [0.1, 0.15) is 5.82 Å². The molecule has 1 atom stereocenters. The van der Waals surface area contributed by atoms with E-state index in [2.05, 4.69) is 20.1 Å². The number of nitrogens with zero attached hydrogens (tertiary/aromatic N) is 6. The van der Waals surface area contributed by atoms with Gasteiger partial charge in [-0.15, -0.1) is 5.10 Å². The van der Waals surface area contributed by atoms with E-state index in [1.165, 1.54) is 11.8 Å². The van der Waals surface area contributed by atoms with Gasteiger partial charge >= 0.3 is 6.55 Å². The second-order valence-electron chi connectivity index (χ2n) is 6.01. The number of thioether (sulfide) groups is 1. The maximum atomic E-state index is 13.6. The van der Waals surface area contributed by atoms with Gasteiger partial charge in [-0.1, -0.05) is 23.9 Å². The van der Waals surface area contributed by atoms with Crippen LogP contribution in [0.1, 0.15) is 35.9 Å². The van der Waals surface area contributed by atoms with Crippen LogP contribution in [0.3, 0.4) is 0 Å². The van der Waals surface area contributed by atoms with Crippen LogP contribution in [0.2, 0.25) is 0 Å². The number of halogens is 2. The van der Waals surface area contributed by atoms with Gasteiger partial charge in [-0.25, -0.2) is 14.5 Å². The van der Waals surface area contributed by atoms with Crippen molar-refractivity contribution in [1.82, 2.24) is 29.1 Å². The lowest BCUT2D eigenvalue weighted by Crippen LogP contribution is -2.06. The van der Waals surface area contributed by atoms with Gasteiger partial charge in [0.2, 0.25) is 5.16 Å². The average Bonchev–Trinajstić information content (AvgIpc) is 3.15. The Bertz CT molecular complexity index is 1100. The van der Waals surface area contributed by atoms with Gasteiger partial charge in [0.15, 0.2) is 0 Å². The van der Waals surface area contributed by atoms with Crippen LogP contribution in [0.5, 0.6) is 0 Å². The molecule has 0 spiro atoms. The molecule has 0 bridgehead atoms. The molecule has 4 rings (SSSR count). The van der Waals surface area contributed by atoms with E-state index in [-0.39, 0.29) is 5.25 Å². The van der Waals surface area contributed by atoms with Crippen molar-refractivity contribution in [2.24, 2.45) is 0 Å². The molecule has 0 aliphatic carbocycles. The Kier molecular flexibility index (Phi) is 4.10. The number of imidazole rings is 1. The van der Waals surface area contributed by atoms with Gasteiger partial charge in [0.05, 0.1) is 16.3 Å². The molecule has 3 aromatic heterocycles. The first kappa shape index (κ1) is 16.9. The van der Waals surface area contributed by atoms with E-state index >= 15 is 0 Å². The summed E-state index contributed by atoms with van der Waals surface area (Å²) in [5.74, 6) is 0.797. The zero-order valence-corrected chi connectivity index (χ0v) is 15.2. The molecule has 1 aromatic carbocycles. The fraction of sp³-hybridized carbons (Fsp3) is 0.294. The summed E-state index contributed by atoms with van der Waals surface area (Å²) >= 11 is 1.28. The largest absolute Gasteiger partial charge is 0.320 e. The van der Waals surface area contributed by atoms with Crippen molar-refractivity contribution in [3.63, 3.8) is 0 Å². The molecule has 0 aliphatic rings. The molecule has 0 saturated carbocycles. The lowest BCUT2D eigenvalue weighted by atomic mass is 10.3. The Hall–Kier alpha value is -2.55. The zero-order chi connectivity index (χ0) is 18.4. The summed E-state index contributed by atoms with van der Waals surface area (Å²) in [6.07, 6.45) is 0. The van der Waals surface area contributed by atoms with E-state index in [9.17, 15) is 8.78 Å². The average molecular weight is 374 g/mol. The number of fused-ring (bicyclic) bond motifs is 2. The van der Waals surface area contributed by atoms with Crippen molar-refractivity contribution in [3.8, 4) is 0 Å². The monoisotopic (exact) mass is 374 g/mol. The quantitative estimate of drug-likeness (QED) is 0.497. The van der Waals surface area contributed by atoms with Crippen LogP contribution < -0.4 is 0 Å². The van der Waals surface area contributed by atoms with Crippen molar-refractivity contribution < 1.29 is 8.78 Å². The first-order valence-corrected chi connectivity index (χ1v) is 8.94. The number of aryl methyl sites for hydroxylation is 2. The standard InChI is InChI=1S/C17H16F2N6S/c1-9-8-10(2)25-16(20-9)22-17(23-25)26-11(3)14-21-12-6-4-5-7-13(12)24(14)15(18)19/h4-8,11,15H,1-3H3/t11-/m0/s1. The molecule has 0 radical (unpaired) electrons. The highest BCUT2D eigenvalue weighted by Gasteiger charge is 2.23. The molecule has 26 heavy (non-hydrogen) atoms. The first-order valence-electron chi connectivity index (χ1n) is 8.06. The minimum atomic E-state index is -2.67. The normalized spacial score (nSPS) is 13.2. The molecule has 0 aliphatic heterocycles. The van der Waals surface area contributed by atoms with Crippen molar-refractivity contribution in [3.05, 3.63) is 47.5 Å². The highest BCUT2D eigenvalue weighted by molar-refractivity contribution is 7.99. The zero-order valence-electron chi connectivity index (χ0n) is 14.4. The highest BCUT2D eigenvalue weighted by atomic mass is 32.2. The molecule has 0 saturated heterocycles. The van der Waals surface area contributed by atoms with Crippen molar-refractivity contribution in [2.45, 2.75) is 37.7 Å². The smallest absolute Gasteiger partial charge is 0.269 e. The number of benzene rings is 1. The van der Waals surface area contributed by atoms with Crippen molar-refractivity contribution in [1.29, 1.82) is 0 Å². The number of rotatable bonds is 4. The lowest BCUT2D eigenvalue weighted by Gasteiger charge is -2.12. The minimum absolute atomic E-state index is 0.297. The summed E-state index contributed by atoms with van der Waals surface area (Å²) in [5.41, 5.74) is 2.73. The Labute approximate surface area is 152 Å². The van der Waals surface area contributed by atoms with Crippen molar-refractivity contribution in [2.75, 3.05) is 0 Å². The Morgan fingerprint density at radius 2 is 1.85 bits per heavy atom. The Morgan fingerprint density at radius 1 is 1.08 bits per heavy atom. The third-order valence-electron chi connectivity index (χ3n) is 4.06. The van der Waals surface area contributed by atoms with E-state index in [0.29, 0.717) is 27.8 Å². The minimum Gasteiger partial charge on any atom is -0.269 e. The summed E-state index contributed by atoms with van der Waals surface area (Å²) < 4.78 is 29.9. The molecule has 6 nitrogen and oxygen atoms in total. The molecule has 0 N–H and O–H groups in total. The molecule has 3 heterocycles. The molecular weight excluding hydrogens is 358 g/mol. The second kappa shape index (κ2) is 6.31. The number of para-hydroxylation sites is 2. The molecule has 9 heteroatoms. The maximum absolute atomic E-state index is 13.6. The van der Waals surface area contributed by atoms with E-state index in [1.807, 2.05) is 26.8 Å². The number of aromatic nitrogens is 6. The molecule has 0 amide bonds. The van der Waals surface area contributed by atoms with Crippen LogP contribution in [0, 0.1) is 13.8 Å². The third-order valence-corrected chi connectivity index (χ3v) is 5.01. The second-order valence-corrected chi connectivity index (χ2v) is 7.32. The molecule has 0 fully saturated rings. The van der Waals surface area contributed by atoms with E-state index in [1.54, 1.807) is 28.8 Å². The lowest BCUT2D eigenvalue weighted by molar-refractivity contribution is 0.0715. The van der Waals surface area contributed by atoms with E-state index in [4.69, 9.17) is 0 Å². The maximum Gasteiger partial charge on any atom is 0.320 e. The number of alkyl halides is 2. The SMILES string of the molecule is Cc1cc(C)n2nc(S[C@@H](C)c3nc4ccccc4n3C(F)F)nc2n1. The fourth-order valence-corrected chi connectivity index (χ4v) is 3.81. The number of hydrogen-bond donors (Lipinski definition) is 0. The summed E-state index contributed by atoms with van der Waals surface area (Å²) in [7, 11) is 0. The van der Waals surface area contributed by atoms with Gasteiger partial charge in [0, 0.05) is 11.4 Å². The molecular formula is C17H16F2N6S.